The molecule has 0 spiro atoms. The Labute approximate surface area is 180 Å². The third-order valence-corrected chi connectivity index (χ3v) is 6.22. The third kappa shape index (κ3) is 6.16. The van der Waals surface area contributed by atoms with Crippen molar-refractivity contribution in [3.8, 4) is 0 Å². The van der Waals surface area contributed by atoms with Gasteiger partial charge in [0.1, 0.15) is 6.04 Å². The first-order valence-electron chi connectivity index (χ1n) is 8.90. The lowest BCUT2D eigenvalue weighted by atomic mass is 10.1. The first-order chi connectivity index (χ1) is 13.3. The lowest BCUT2D eigenvalue weighted by molar-refractivity contribution is -0.138. The SMILES string of the molecule is CNC(=O)[C@@H](C)N(Cc1ccccc1C)C(=O)CSCc1ccc(Cl)c(Cl)c1. The number of nitrogens with one attached hydrogen (secondary N) is 1. The van der Waals surface area contributed by atoms with Gasteiger partial charge in [-0.05, 0) is 42.7 Å². The molecule has 0 heterocycles. The molecule has 2 aromatic rings. The summed E-state index contributed by atoms with van der Waals surface area (Å²) in [6.07, 6.45) is 0. The molecule has 2 rings (SSSR count). The third-order valence-electron chi connectivity index (χ3n) is 4.49. The molecular formula is C21H24Cl2N2O2S. The Morgan fingerprint density at radius 3 is 2.50 bits per heavy atom. The maximum Gasteiger partial charge on any atom is 0.242 e. The molecule has 0 aromatic heterocycles. The molecule has 0 aliphatic heterocycles. The predicted octanol–water partition coefficient (Wildman–Crippen LogP) is 4.70. The van der Waals surface area contributed by atoms with Crippen molar-refractivity contribution in [3.63, 3.8) is 0 Å². The number of likely N-dealkylation sites (N-methyl/N-ethyl adjacent to an activating group) is 1. The highest BCUT2D eigenvalue weighted by Crippen LogP contribution is 2.25. The van der Waals surface area contributed by atoms with Gasteiger partial charge in [-0.3, -0.25) is 9.59 Å². The highest BCUT2D eigenvalue weighted by molar-refractivity contribution is 7.99. The van der Waals surface area contributed by atoms with Gasteiger partial charge in [0.15, 0.2) is 0 Å². The molecule has 150 valence electrons. The van der Waals surface area contributed by atoms with Gasteiger partial charge in [0, 0.05) is 19.3 Å². The van der Waals surface area contributed by atoms with E-state index in [1.807, 2.05) is 37.3 Å². The Balaban J connectivity index is 2.06. The first kappa shape index (κ1) is 22.6. The molecule has 0 saturated heterocycles. The zero-order valence-corrected chi connectivity index (χ0v) is 18.5. The van der Waals surface area contributed by atoms with Crippen LogP contribution in [0.4, 0.5) is 0 Å². The van der Waals surface area contributed by atoms with Crippen molar-refractivity contribution in [2.24, 2.45) is 0 Å². The van der Waals surface area contributed by atoms with Crippen LogP contribution in [0.3, 0.4) is 0 Å². The Morgan fingerprint density at radius 1 is 1.14 bits per heavy atom. The summed E-state index contributed by atoms with van der Waals surface area (Å²) in [5.74, 6) is 0.642. The van der Waals surface area contributed by atoms with Gasteiger partial charge in [0.2, 0.25) is 11.8 Å². The number of aryl methyl sites for hydroxylation is 1. The Bertz CT molecular complexity index is 845. The summed E-state index contributed by atoms with van der Waals surface area (Å²) in [7, 11) is 1.58. The van der Waals surface area contributed by atoms with Crippen molar-refractivity contribution in [2.75, 3.05) is 12.8 Å². The fourth-order valence-corrected chi connectivity index (χ4v) is 3.91. The van der Waals surface area contributed by atoms with E-state index in [1.54, 1.807) is 31.0 Å². The van der Waals surface area contributed by atoms with Crippen LogP contribution in [-0.4, -0.2) is 35.6 Å². The van der Waals surface area contributed by atoms with Crippen molar-refractivity contribution in [2.45, 2.75) is 32.2 Å². The lowest BCUT2D eigenvalue weighted by Gasteiger charge is -2.29. The quantitative estimate of drug-likeness (QED) is 0.649. The molecule has 0 aliphatic carbocycles. The van der Waals surface area contributed by atoms with Crippen molar-refractivity contribution >= 4 is 46.8 Å². The first-order valence-corrected chi connectivity index (χ1v) is 10.8. The van der Waals surface area contributed by atoms with Crippen LogP contribution in [0.5, 0.6) is 0 Å². The standard InChI is InChI=1S/C21H24Cl2N2O2S/c1-14-6-4-5-7-17(14)11-25(15(2)21(27)24-3)20(26)13-28-12-16-8-9-18(22)19(23)10-16/h4-10,15H,11-13H2,1-3H3,(H,24,27)/t15-/m1/s1. The number of thioether (sulfide) groups is 1. The largest absolute Gasteiger partial charge is 0.357 e. The lowest BCUT2D eigenvalue weighted by Crippen LogP contribution is -2.47. The molecule has 0 radical (unpaired) electrons. The van der Waals surface area contributed by atoms with Crippen molar-refractivity contribution in [3.05, 3.63) is 69.2 Å². The molecule has 0 saturated carbocycles. The monoisotopic (exact) mass is 438 g/mol. The number of carbonyl (C=O) groups excluding carboxylic acids is 2. The zero-order chi connectivity index (χ0) is 20.7. The number of amides is 2. The van der Waals surface area contributed by atoms with E-state index in [0.29, 0.717) is 22.3 Å². The Kier molecular flexibility index (Phi) is 8.67. The van der Waals surface area contributed by atoms with Crippen LogP contribution in [0.1, 0.15) is 23.6 Å². The van der Waals surface area contributed by atoms with E-state index in [4.69, 9.17) is 23.2 Å². The number of benzene rings is 2. The molecule has 0 bridgehead atoms. The molecule has 7 heteroatoms. The molecule has 0 fully saturated rings. The summed E-state index contributed by atoms with van der Waals surface area (Å²) in [5.41, 5.74) is 3.12. The zero-order valence-electron chi connectivity index (χ0n) is 16.2. The summed E-state index contributed by atoms with van der Waals surface area (Å²) < 4.78 is 0. The Morgan fingerprint density at radius 2 is 1.86 bits per heavy atom. The normalized spacial score (nSPS) is 11.8. The second-order valence-electron chi connectivity index (χ2n) is 6.48. The van der Waals surface area contributed by atoms with Crippen LogP contribution in [0.15, 0.2) is 42.5 Å². The van der Waals surface area contributed by atoms with E-state index in [1.165, 1.54) is 11.8 Å². The van der Waals surface area contributed by atoms with Crippen molar-refractivity contribution in [1.82, 2.24) is 10.2 Å². The van der Waals surface area contributed by atoms with Crippen LogP contribution in [-0.2, 0) is 21.9 Å². The highest BCUT2D eigenvalue weighted by atomic mass is 35.5. The highest BCUT2D eigenvalue weighted by Gasteiger charge is 2.25. The minimum absolute atomic E-state index is 0.0792. The van der Waals surface area contributed by atoms with Gasteiger partial charge >= 0.3 is 0 Å². The molecule has 1 atom stereocenters. The minimum atomic E-state index is -0.553. The molecule has 4 nitrogen and oxygen atoms in total. The average molecular weight is 439 g/mol. The van der Waals surface area contributed by atoms with Crippen LogP contribution in [0.2, 0.25) is 10.0 Å². The van der Waals surface area contributed by atoms with Gasteiger partial charge in [0.05, 0.1) is 15.8 Å². The topological polar surface area (TPSA) is 49.4 Å². The summed E-state index contributed by atoms with van der Waals surface area (Å²) >= 11 is 13.5. The van der Waals surface area contributed by atoms with Crippen molar-refractivity contribution in [1.29, 1.82) is 0 Å². The van der Waals surface area contributed by atoms with Gasteiger partial charge in [-0.1, -0.05) is 53.5 Å². The van der Waals surface area contributed by atoms with Crippen molar-refractivity contribution < 1.29 is 9.59 Å². The number of hydrogen-bond acceptors (Lipinski definition) is 3. The van der Waals surface area contributed by atoms with Crippen LogP contribution < -0.4 is 5.32 Å². The fraction of sp³-hybridized carbons (Fsp3) is 0.333. The van der Waals surface area contributed by atoms with Gasteiger partial charge in [0.25, 0.3) is 0 Å². The molecule has 28 heavy (non-hydrogen) atoms. The fourth-order valence-electron chi connectivity index (χ4n) is 2.73. The van der Waals surface area contributed by atoms with Crippen LogP contribution in [0.25, 0.3) is 0 Å². The smallest absolute Gasteiger partial charge is 0.242 e. The number of carbonyl (C=O) groups is 2. The van der Waals surface area contributed by atoms with E-state index in [-0.39, 0.29) is 17.6 Å². The molecule has 2 amide bonds. The van der Waals surface area contributed by atoms with Gasteiger partial charge < -0.3 is 10.2 Å². The summed E-state index contributed by atoms with van der Waals surface area (Å²) in [4.78, 5) is 26.7. The van der Waals surface area contributed by atoms with E-state index in [9.17, 15) is 9.59 Å². The van der Waals surface area contributed by atoms with Gasteiger partial charge in [-0.25, -0.2) is 0 Å². The second kappa shape index (κ2) is 10.7. The summed E-state index contributed by atoms with van der Waals surface area (Å²) in [6.45, 7) is 4.15. The molecule has 0 aliphatic rings. The number of hydrogen-bond donors (Lipinski definition) is 1. The van der Waals surface area contributed by atoms with E-state index < -0.39 is 6.04 Å². The van der Waals surface area contributed by atoms with E-state index in [2.05, 4.69) is 5.32 Å². The van der Waals surface area contributed by atoms with Gasteiger partial charge in [-0.15, -0.1) is 11.8 Å². The predicted molar refractivity (Wildman–Crippen MR) is 118 cm³/mol. The minimum Gasteiger partial charge on any atom is -0.357 e. The van der Waals surface area contributed by atoms with E-state index >= 15 is 0 Å². The second-order valence-corrected chi connectivity index (χ2v) is 8.28. The number of nitrogens with zero attached hydrogens (tertiary/aromatic N) is 1. The molecular weight excluding hydrogens is 415 g/mol. The van der Waals surface area contributed by atoms with Gasteiger partial charge in [-0.2, -0.15) is 0 Å². The van der Waals surface area contributed by atoms with E-state index in [0.717, 1.165) is 16.7 Å². The molecule has 0 unspecified atom stereocenters. The number of rotatable bonds is 8. The maximum absolute atomic E-state index is 12.9. The van der Waals surface area contributed by atoms with Crippen LogP contribution >= 0.6 is 35.0 Å². The molecule has 2 aromatic carbocycles. The summed E-state index contributed by atoms with van der Waals surface area (Å²) in [5, 5.41) is 3.64. The van der Waals surface area contributed by atoms with Crippen LogP contribution in [0, 0.1) is 6.92 Å². The number of halogens is 2. The average Bonchev–Trinajstić information content (AvgIpc) is 2.68. The maximum atomic E-state index is 12.9. The Hall–Kier alpha value is -1.69. The summed E-state index contributed by atoms with van der Waals surface area (Å²) in [6, 6.07) is 12.8. The molecule has 1 N–H and O–H groups in total.